The molecule has 0 N–H and O–H groups in total. The van der Waals surface area contributed by atoms with Gasteiger partial charge in [-0.2, -0.15) is 11.3 Å². The molecule has 0 saturated carbocycles. The Morgan fingerprint density at radius 1 is 1.10 bits per heavy atom. The molecular formula is C22H19N3O2S3. The normalized spacial score (nSPS) is 19.3. The Kier molecular flexibility index (Phi) is 5.54. The van der Waals surface area contributed by atoms with E-state index in [2.05, 4.69) is 22.3 Å². The van der Waals surface area contributed by atoms with Crippen LogP contribution in [0.15, 0.2) is 62.8 Å². The van der Waals surface area contributed by atoms with E-state index in [1.807, 2.05) is 35.0 Å². The molecule has 8 heteroatoms. The van der Waals surface area contributed by atoms with E-state index in [-0.39, 0.29) is 17.6 Å². The highest BCUT2D eigenvalue weighted by Gasteiger charge is 2.40. The quantitative estimate of drug-likeness (QED) is 0.381. The van der Waals surface area contributed by atoms with Crippen molar-refractivity contribution in [3.63, 3.8) is 0 Å². The molecule has 0 spiro atoms. The van der Waals surface area contributed by atoms with Gasteiger partial charge in [0.15, 0.2) is 10.1 Å². The zero-order valence-electron chi connectivity index (χ0n) is 16.1. The Morgan fingerprint density at radius 3 is 2.77 bits per heavy atom. The minimum Gasteiger partial charge on any atom is -0.294 e. The predicted molar refractivity (Wildman–Crippen MR) is 121 cm³/mol. The van der Waals surface area contributed by atoms with Crippen LogP contribution < -0.4 is 4.90 Å². The largest absolute Gasteiger partial charge is 0.294 e. The molecule has 2 aromatic heterocycles. The first-order valence-corrected chi connectivity index (χ1v) is 12.6. The van der Waals surface area contributed by atoms with Gasteiger partial charge in [0.2, 0.25) is 11.0 Å². The standard InChI is InChI=1S/C22H19N3O2S3/c26-18-8-4-7-17-20(18)16(15-9-10-28-13-15)11-19(27)25(17)21-23-24-22(30-21)29-12-14-5-2-1-3-6-14/h1-3,5-6,9-10,13,16H,4,7-8,11-12H2/t16-/m1/s1. The number of anilines is 1. The fourth-order valence-electron chi connectivity index (χ4n) is 4.04. The van der Waals surface area contributed by atoms with Crippen LogP contribution in [0.1, 0.15) is 42.7 Å². The van der Waals surface area contributed by atoms with Crippen molar-refractivity contribution in [3.8, 4) is 0 Å². The van der Waals surface area contributed by atoms with Gasteiger partial charge in [-0.1, -0.05) is 53.4 Å². The molecule has 1 atom stereocenters. The summed E-state index contributed by atoms with van der Waals surface area (Å²) in [4.78, 5) is 27.7. The summed E-state index contributed by atoms with van der Waals surface area (Å²) in [5.74, 6) is 0.821. The number of rotatable bonds is 5. The number of nitrogens with zero attached hydrogens (tertiary/aromatic N) is 3. The summed E-state index contributed by atoms with van der Waals surface area (Å²) in [6, 6.07) is 12.2. The number of amides is 1. The van der Waals surface area contributed by atoms with E-state index in [1.165, 1.54) is 16.9 Å². The van der Waals surface area contributed by atoms with Gasteiger partial charge in [-0.3, -0.25) is 14.5 Å². The molecule has 0 fully saturated rings. The van der Waals surface area contributed by atoms with Gasteiger partial charge in [0.1, 0.15) is 0 Å². The molecule has 2 aliphatic rings. The number of carbonyl (C=O) groups is 2. The lowest BCUT2D eigenvalue weighted by Crippen LogP contribution is -2.40. The Morgan fingerprint density at radius 2 is 1.97 bits per heavy atom. The Hall–Kier alpha value is -2.29. The van der Waals surface area contributed by atoms with Gasteiger partial charge in [0.05, 0.1) is 0 Å². The highest BCUT2D eigenvalue weighted by Crippen LogP contribution is 2.44. The number of hydrogen-bond donors (Lipinski definition) is 0. The first-order valence-electron chi connectivity index (χ1n) is 9.82. The van der Waals surface area contributed by atoms with Gasteiger partial charge in [-0.15, -0.1) is 10.2 Å². The third-order valence-electron chi connectivity index (χ3n) is 5.41. The third-order valence-corrected chi connectivity index (χ3v) is 8.23. The first-order chi connectivity index (χ1) is 14.7. The molecule has 3 aromatic rings. The number of Topliss-reactive ketones (excluding diaryl/α,β-unsaturated/α-hetero) is 1. The molecule has 1 aliphatic heterocycles. The van der Waals surface area contributed by atoms with Crippen LogP contribution in [0.2, 0.25) is 0 Å². The zero-order chi connectivity index (χ0) is 20.5. The fraction of sp³-hybridized carbons (Fsp3) is 0.273. The van der Waals surface area contributed by atoms with Crippen molar-refractivity contribution >= 4 is 51.3 Å². The number of hydrogen-bond acceptors (Lipinski definition) is 7. The van der Waals surface area contributed by atoms with E-state index in [0.717, 1.165) is 39.8 Å². The summed E-state index contributed by atoms with van der Waals surface area (Å²) < 4.78 is 0.825. The van der Waals surface area contributed by atoms with E-state index >= 15 is 0 Å². The van der Waals surface area contributed by atoms with Crippen LogP contribution in [0, 0.1) is 0 Å². The number of thiophene rings is 1. The van der Waals surface area contributed by atoms with Crippen molar-refractivity contribution in [3.05, 3.63) is 69.6 Å². The van der Waals surface area contributed by atoms with E-state index in [0.29, 0.717) is 18.0 Å². The number of aromatic nitrogens is 2. The molecule has 1 aliphatic carbocycles. The average molecular weight is 454 g/mol. The molecule has 3 heterocycles. The number of thioether (sulfide) groups is 1. The van der Waals surface area contributed by atoms with Crippen LogP contribution in [0.4, 0.5) is 5.13 Å². The lowest BCUT2D eigenvalue weighted by atomic mass is 9.78. The van der Waals surface area contributed by atoms with Crippen molar-refractivity contribution in [1.82, 2.24) is 10.2 Å². The molecule has 0 unspecified atom stereocenters. The maximum Gasteiger partial charge on any atom is 0.234 e. The lowest BCUT2D eigenvalue weighted by Gasteiger charge is -2.36. The molecule has 0 saturated heterocycles. The second-order valence-corrected chi connectivity index (χ2v) is 10.3. The van der Waals surface area contributed by atoms with E-state index in [9.17, 15) is 9.59 Å². The van der Waals surface area contributed by atoms with Gasteiger partial charge in [-0.05, 0) is 40.8 Å². The molecule has 1 aromatic carbocycles. The van der Waals surface area contributed by atoms with Crippen LogP contribution in [0.25, 0.3) is 0 Å². The highest BCUT2D eigenvalue weighted by molar-refractivity contribution is 8.00. The SMILES string of the molecule is O=C1CCCC2=C1[C@@H](c1ccsc1)CC(=O)N2c1nnc(SCc2ccccc2)s1. The maximum absolute atomic E-state index is 13.2. The smallest absolute Gasteiger partial charge is 0.234 e. The lowest BCUT2D eigenvalue weighted by molar-refractivity contribution is -0.119. The van der Waals surface area contributed by atoms with Crippen LogP contribution in [-0.4, -0.2) is 21.9 Å². The van der Waals surface area contributed by atoms with E-state index in [1.54, 1.807) is 28.0 Å². The summed E-state index contributed by atoms with van der Waals surface area (Å²) in [6.07, 6.45) is 2.34. The summed E-state index contributed by atoms with van der Waals surface area (Å²) in [6.45, 7) is 0. The minimum atomic E-state index is -0.136. The monoisotopic (exact) mass is 453 g/mol. The van der Waals surface area contributed by atoms with Crippen LogP contribution in [-0.2, 0) is 15.3 Å². The molecule has 5 rings (SSSR count). The Labute approximate surface area is 186 Å². The van der Waals surface area contributed by atoms with E-state index in [4.69, 9.17) is 0 Å². The number of allylic oxidation sites excluding steroid dienone is 2. The topological polar surface area (TPSA) is 63.2 Å². The third kappa shape index (κ3) is 3.75. The molecular weight excluding hydrogens is 434 g/mol. The second-order valence-electron chi connectivity index (χ2n) is 7.30. The first kappa shape index (κ1) is 19.7. The molecule has 30 heavy (non-hydrogen) atoms. The van der Waals surface area contributed by atoms with Gasteiger partial charge in [0.25, 0.3) is 0 Å². The summed E-state index contributed by atoms with van der Waals surface area (Å²) >= 11 is 4.63. The van der Waals surface area contributed by atoms with Crippen molar-refractivity contribution in [1.29, 1.82) is 0 Å². The van der Waals surface area contributed by atoms with Crippen molar-refractivity contribution in [2.45, 2.75) is 41.7 Å². The number of benzene rings is 1. The molecule has 5 nitrogen and oxygen atoms in total. The summed E-state index contributed by atoms with van der Waals surface area (Å²) in [7, 11) is 0. The van der Waals surface area contributed by atoms with E-state index < -0.39 is 0 Å². The van der Waals surface area contributed by atoms with Gasteiger partial charge in [-0.25, -0.2) is 0 Å². The van der Waals surface area contributed by atoms with Crippen LogP contribution in [0.5, 0.6) is 0 Å². The fourth-order valence-corrected chi connectivity index (χ4v) is 6.60. The molecule has 1 amide bonds. The number of carbonyl (C=O) groups excluding carboxylic acids is 2. The Bertz CT molecular complexity index is 1110. The second kappa shape index (κ2) is 8.45. The molecule has 0 bridgehead atoms. The molecule has 152 valence electrons. The van der Waals surface area contributed by atoms with Gasteiger partial charge < -0.3 is 0 Å². The van der Waals surface area contributed by atoms with Crippen molar-refractivity contribution < 1.29 is 9.59 Å². The van der Waals surface area contributed by atoms with Gasteiger partial charge in [0, 0.05) is 35.8 Å². The summed E-state index contributed by atoms with van der Waals surface area (Å²) in [5.41, 5.74) is 3.91. The molecule has 0 radical (unpaired) electrons. The predicted octanol–water partition coefficient (Wildman–Crippen LogP) is 5.42. The van der Waals surface area contributed by atoms with Crippen LogP contribution in [0.3, 0.4) is 0 Å². The van der Waals surface area contributed by atoms with Crippen molar-refractivity contribution in [2.75, 3.05) is 4.90 Å². The Balaban J connectivity index is 1.45. The maximum atomic E-state index is 13.2. The zero-order valence-corrected chi connectivity index (χ0v) is 18.6. The van der Waals surface area contributed by atoms with Crippen molar-refractivity contribution in [2.24, 2.45) is 0 Å². The number of ketones is 1. The van der Waals surface area contributed by atoms with Gasteiger partial charge >= 0.3 is 0 Å². The average Bonchev–Trinajstić information content (AvgIpc) is 3.45. The van der Waals surface area contributed by atoms with Crippen LogP contribution >= 0.6 is 34.4 Å². The minimum absolute atomic E-state index is 0.00425. The summed E-state index contributed by atoms with van der Waals surface area (Å²) in [5, 5.41) is 13.2. The highest BCUT2D eigenvalue weighted by atomic mass is 32.2.